The fraction of sp³-hybridized carbons (Fsp3) is 0.444. The molecule has 0 atom stereocenters. The number of thioether (sulfide) groups is 1. The lowest BCUT2D eigenvalue weighted by Crippen LogP contribution is -2.28. The molecule has 124 valence electrons. The van der Waals surface area contributed by atoms with Crippen LogP contribution in [0.5, 0.6) is 0 Å². The van der Waals surface area contributed by atoms with Crippen molar-refractivity contribution in [3.63, 3.8) is 0 Å². The molecule has 0 fully saturated rings. The van der Waals surface area contributed by atoms with Gasteiger partial charge in [0.15, 0.2) is 0 Å². The van der Waals surface area contributed by atoms with Gasteiger partial charge in [-0.25, -0.2) is 4.79 Å². The van der Waals surface area contributed by atoms with Gasteiger partial charge >= 0.3 is 5.63 Å². The van der Waals surface area contributed by atoms with Gasteiger partial charge in [0.25, 0.3) is 0 Å². The number of benzene rings is 1. The van der Waals surface area contributed by atoms with Crippen molar-refractivity contribution in [2.45, 2.75) is 33.4 Å². The third kappa shape index (κ3) is 4.86. The van der Waals surface area contributed by atoms with E-state index in [0.717, 1.165) is 22.1 Å². The minimum atomic E-state index is -0.347. The highest BCUT2D eigenvalue weighted by Gasteiger charge is 2.09. The van der Waals surface area contributed by atoms with E-state index in [2.05, 4.69) is 19.2 Å². The Labute approximate surface area is 140 Å². The molecule has 0 saturated heterocycles. The van der Waals surface area contributed by atoms with Gasteiger partial charge in [0.1, 0.15) is 5.58 Å². The Morgan fingerprint density at radius 3 is 2.61 bits per heavy atom. The quantitative estimate of drug-likeness (QED) is 0.823. The molecule has 0 spiro atoms. The predicted molar refractivity (Wildman–Crippen MR) is 96.0 cm³/mol. The molecule has 2 aromatic rings. The van der Waals surface area contributed by atoms with Gasteiger partial charge in [-0.1, -0.05) is 13.8 Å². The Morgan fingerprint density at radius 1 is 1.22 bits per heavy atom. The molecule has 2 rings (SSSR count). The molecule has 23 heavy (non-hydrogen) atoms. The van der Waals surface area contributed by atoms with Gasteiger partial charge in [0.05, 0.1) is 5.75 Å². The lowest BCUT2D eigenvalue weighted by molar-refractivity contribution is -0.118. The van der Waals surface area contributed by atoms with Crippen molar-refractivity contribution in [3.8, 4) is 0 Å². The van der Waals surface area contributed by atoms with Crippen LogP contribution in [0.15, 0.2) is 27.4 Å². The van der Waals surface area contributed by atoms with Crippen molar-refractivity contribution in [1.82, 2.24) is 5.32 Å². The van der Waals surface area contributed by atoms with Crippen molar-refractivity contribution in [1.29, 1.82) is 0 Å². The standard InChI is InChI=1S/C18H23NO3S/c1-11(2)8-19-17(20)10-23-9-14-7-18(21)22-16-6-13(4)12(3)5-15(14)16/h5-7,11H,8-10H2,1-4H3,(H,19,20). The van der Waals surface area contributed by atoms with E-state index in [-0.39, 0.29) is 11.5 Å². The van der Waals surface area contributed by atoms with E-state index in [1.165, 1.54) is 17.8 Å². The highest BCUT2D eigenvalue weighted by atomic mass is 32.2. The summed E-state index contributed by atoms with van der Waals surface area (Å²) in [6.07, 6.45) is 0. The normalized spacial score (nSPS) is 11.2. The molecule has 0 aliphatic rings. The molecule has 1 aromatic heterocycles. The number of nitrogens with one attached hydrogen (secondary N) is 1. The van der Waals surface area contributed by atoms with E-state index in [1.807, 2.05) is 26.0 Å². The molecule has 1 aromatic carbocycles. The third-order valence-corrected chi connectivity index (χ3v) is 4.62. The highest BCUT2D eigenvalue weighted by Crippen LogP contribution is 2.24. The summed E-state index contributed by atoms with van der Waals surface area (Å²) in [6, 6.07) is 5.47. The lowest BCUT2D eigenvalue weighted by Gasteiger charge is -2.09. The maximum Gasteiger partial charge on any atom is 0.336 e. The number of carbonyl (C=O) groups excluding carboxylic acids is 1. The smallest absolute Gasteiger partial charge is 0.336 e. The van der Waals surface area contributed by atoms with Crippen LogP contribution >= 0.6 is 11.8 Å². The Kier molecular flexibility index (Phi) is 5.88. The van der Waals surface area contributed by atoms with E-state index in [4.69, 9.17) is 4.42 Å². The molecule has 0 aliphatic heterocycles. The Hall–Kier alpha value is -1.75. The number of carbonyl (C=O) groups is 1. The summed E-state index contributed by atoms with van der Waals surface area (Å²) in [5, 5.41) is 3.84. The number of rotatable bonds is 6. The zero-order chi connectivity index (χ0) is 17.0. The number of hydrogen-bond acceptors (Lipinski definition) is 4. The molecule has 0 unspecified atom stereocenters. The molecular formula is C18H23NO3S. The van der Waals surface area contributed by atoms with Crippen LogP contribution in [-0.2, 0) is 10.5 Å². The second kappa shape index (κ2) is 7.68. The van der Waals surface area contributed by atoms with Crippen molar-refractivity contribution in [2.24, 2.45) is 5.92 Å². The van der Waals surface area contributed by atoms with Crippen molar-refractivity contribution in [3.05, 3.63) is 45.3 Å². The van der Waals surface area contributed by atoms with E-state index >= 15 is 0 Å². The second-order valence-corrected chi connectivity index (χ2v) is 7.20. The molecule has 1 N–H and O–H groups in total. The third-order valence-electron chi connectivity index (χ3n) is 3.64. The maximum absolute atomic E-state index is 11.8. The largest absolute Gasteiger partial charge is 0.423 e. The monoisotopic (exact) mass is 333 g/mol. The first-order valence-electron chi connectivity index (χ1n) is 7.75. The molecule has 0 aliphatic carbocycles. The minimum absolute atomic E-state index is 0.0306. The van der Waals surface area contributed by atoms with Crippen LogP contribution in [0.1, 0.15) is 30.5 Å². The summed E-state index contributed by atoms with van der Waals surface area (Å²) >= 11 is 1.51. The minimum Gasteiger partial charge on any atom is -0.423 e. The van der Waals surface area contributed by atoms with Crippen molar-refractivity contribution in [2.75, 3.05) is 12.3 Å². The Balaban J connectivity index is 2.09. The maximum atomic E-state index is 11.8. The first kappa shape index (κ1) is 17.6. The van der Waals surface area contributed by atoms with Gasteiger partial charge in [0, 0.05) is 23.8 Å². The Morgan fingerprint density at radius 2 is 1.91 bits per heavy atom. The van der Waals surface area contributed by atoms with Crippen molar-refractivity contribution >= 4 is 28.6 Å². The van der Waals surface area contributed by atoms with Crippen LogP contribution in [-0.4, -0.2) is 18.2 Å². The zero-order valence-electron chi connectivity index (χ0n) is 14.1. The van der Waals surface area contributed by atoms with Crippen LogP contribution in [0.2, 0.25) is 0 Å². The van der Waals surface area contributed by atoms with Crippen LogP contribution in [0.25, 0.3) is 11.0 Å². The van der Waals surface area contributed by atoms with E-state index < -0.39 is 0 Å². The summed E-state index contributed by atoms with van der Waals surface area (Å²) < 4.78 is 5.29. The first-order valence-corrected chi connectivity index (χ1v) is 8.90. The zero-order valence-corrected chi connectivity index (χ0v) is 14.9. The summed E-state index contributed by atoms with van der Waals surface area (Å²) in [5.74, 6) is 1.47. The molecule has 0 saturated carbocycles. The van der Waals surface area contributed by atoms with E-state index in [0.29, 0.717) is 29.6 Å². The van der Waals surface area contributed by atoms with Gasteiger partial charge in [-0.3, -0.25) is 4.79 Å². The van der Waals surface area contributed by atoms with E-state index in [9.17, 15) is 9.59 Å². The van der Waals surface area contributed by atoms with Crippen molar-refractivity contribution < 1.29 is 9.21 Å². The molecule has 4 nitrogen and oxygen atoms in total. The second-order valence-electron chi connectivity index (χ2n) is 6.21. The van der Waals surface area contributed by atoms with Crippen LogP contribution in [0, 0.1) is 19.8 Å². The first-order chi connectivity index (χ1) is 10.9. The van der Waals surface area contributed by atoms with Crippen LogP contribution in [0.4, 0.5) is 0 Å². The highest BCUT2D eigenvalue weighted by molar-refractivity contribution is 7.99. The van der Waals surface area contributed by atoms with Gasteiger partial charge in [-0.2, -0.15) is 0 Å². The van der Waals surface area contributed by atoms with Gasteiger partial charge in [-0.05, 0) is 48.6 Å². The number of amides is 1. The van der Waals surface area contributed by atoms with Crippen LogP contribution in [0.3, 0.4) is 0 Å². The predicted octanol–water partition coefficient (Wildman–Crippen LogP) is 3.42. The molecular weight excluding hydrogens is 310 g/mol. The summed E-state index contributed by atoms with van der Waals surface area (Å²) in [4.78, 5) is 23.5. The molecule has 0 bridgehead atoms. The fourth-order valence-corrected chi connectivity index (χ4v) is 3.07. The number of fused-ring (bicyclic) bond motifs is 1. The fourth-order valence-electron chi connectivity index (χ4n) is 2.23. The van der Waals surface area contributed by atoms with Gasteiger partial charge < -0.3 is 9.73 Å². The van der Waals surface area contributed by atoms with Crippen LogP contribution < -0.4 is 10.9 Å². The molecule has 1 heterocycles. The Bertz CT molecular complexity index is 765. The summed E-state index contributed by atoms with van der Waals surface area (Å²) in [7, 11) is 0. The topological polar surface area (TPSA) is 59.3 Å². The average molecular weight is 333 g/mol. The van der Waals surface area contributed by atoms with Gasteiger partial charge in [0.2, 0.25) is 5.91 Å². The summed E-state index contributed by atoms with van der Waals surface area (Å²) in [5.41, 5.74) is 3.44. The number of hydrogen-bond donors (Lipinski definition) is 1. The summed E-state index contributed by atoms with van der Waals surface area (Å²) in [6.45, 7) is 8.85. The molecule has 1 amide bonds. The SMILES string of the molecule is Cc1cc2oc(=O)cc(CSCC(=O)NCC(C)C)c2cc1C. The van der Waals surface area contributed by atoms with Gasteiger partial charge in [-0.15, -0.1) is 11.8 Å². The molecule has 0 radical (unpaired) electrons. The number of aryl methyl sites for hydroxylation is 2. The lowest BCUT2D eigenvalue weighted by atomic mass is 10.0. The average Bonchev–Trinajstić information content (AvgIpc) is 2.47. The van der Waals surface area contributed by atoms with E-state index in [1.54, 1.807) is 0 Å². The molecule has 5 heteroatoms.